The number of aryl methyl sites for hydroxylation is 1. The van der Waals surface area contributed by atoms with E-state index in [1.165, 1.54) is 5.03 Å². The van der Waals surface area contributed by atoms with Gasteiger partial charge >= 0.3 is 6.03 Å². The monoisotopic (exact) mass is 447 g/mol. The second-order valence-electron chi connectivity index (χ2n) is 7.00. The van der Waals surface area contributed by atoms with Crippen molar-refractivity contribution in [3.63, 3.8) is 0 Å². The number of hydrogen-bond acceptors (Lipinski definition) is 4. The Balaban J connectivity index is 1.43. The molecule has 0 radical (unpaired) electrons. The summed E-state index contributed by atoms with van der Waals surface area (Å²) in [6, 6.07) is 18.4. The minimum absolute atomic E-state index is 0.322. The largest absolute Gasteiger partial charge is 0.323 e. The Labute approximate surface area is 188 Å². The molecule has 2 aromatic carbocycles. The Kier molecular flexibility index (Phi) is 5.36. The zero-order valence-electron chi connectivity index (χ0n) is 16.4. The van der Waals surface area contributed by atoms with E-state index in [0.29, 0.717) is 16.4 Å². The third-order valence-electron chi connectivity index (χ3n) is 4.91. The van der Waals surface area contributed by atoms with Crippen LogP contribution in [0.2, 0.25) is 5.02 Å². The van der Waals surface area contributed by atoms with Gasteiger partial charge in [0.2, 0.25) is 0 Å². The van der Waals surface area contributed by atoms with Gasteiger partial charge < -0.3 is 10.6 Å². The minimum Gasteiger partial charge on any atom is -0.308 e. The van der Waals surface area contributed by atoms with E-state index < -0.39 is 0 Å². The molecule has 2 amide bonds. The molecule has 0 spiro atoms. The fourth-order valence-corrected chi connectivity index (χ4v) is 4.75. The number of fused-ring (bicyclic) bond motifs is 1. The van der Waals surface area contributed by atoms with Gasteiger partial charge in [-0.3, -0.25) is 9.67 Å². The lowest BCUT2D eigenvalue weighted by atomic mass is 10.0. The molecular formula is C23H18ClN5OS. The second-order valence-corrected chi connectivity index (χ2v) is 8.52. The Hall–Kier alpha value is -3.29. The summed E-state index contributed by atoms with van der Waals surface area (Å²) in [5, 5.41) is 12.4. The van der Waals surface area contributed by atoms with Crippen LogP contribution >= 0.6 is 23.4 Å². The molecule has 1 aliphatic rings. The van der Waals surface area contributed by atoms with Crippen LogP contribution in [-0.4, -0.2) is 26.5 Å². The van der Waals surface area contributed by atoms with E-state index in [1.807, 2.05) is 48.2 Å². The molecule has 3 heterocycles. The van der Waals surface area contributed by atoms with Crippen molar-refractivity contribution >= 4 is 40.8 Å². The molecular weight excluding hydrogens is 430 g/mol. The number of pyridine rings is 1. The first kappa shape index (κ1) is 19.7. The SMILES string of the molecule is O=C(Nc1ccc(Cl)cc1)Nc1cccc(-c2nn3c(c2-c2ccncc2)SCC3)c1. The standard InChI is InChI=1S/C23H18ClN5OS/c24-17-4-6-18(7-5-17)26-23(30)27-19-3-1-2-16(14-19)21-20(15-8-10-25-11-9-15)22-29(28-21)12-13-31-22/h1-11,14H,12-13H2,(H2,26,27,30). The summed E-state index contributed by atoms with van der Waals surface area (Å²) >= 11 is 7.71. The van der Waals surface area contributed by atoms with Gasteiger partial charge in [0.1, 0.15) is 10.7 Å². The van der Waals surface area contributed by atoms with E-state index in [4.69, 9.17) is 16.7 Å². The summed E-state index contributed by atoms with van der Waals surface area (Å²) in [4.78, 5) is 16.6. The van der Waals surface area contributed by atoms with E-state index in [2.05, 4.69) is 20.3 Å². The van der Waals surface area contributed by atoms with Gasteiger partial charge in [0.15, 0.2) is 0 Å². The summed E-state index contributed by atoms with van der Waals surface area (Å²) in [5.74, 6) is 1.02. The van der Waals surface area contributed by atoms with Crippen molar-refractivity contribution in [1.82, 2.24) is 14.8 Å². The van der Waals surface area contributed by atoms with Crippen LogP contribution in [0, 0.1) is 0 Å². The summed E-state index contributed by atoms with van der Waals surface area (Å²) in [6.07, 6.45) is 3.59. The average Bonchev–Trinajstić information content (AvgIpc) is 3.37. The number of benzene rings is 2. The number of carbonyl (C=O) groups is 1. The lowest BCUT2D eigenvalue weighted by Gasteiger charge is -2.10. The van der Waals surface area contributed by atoms with Crippen molar-refractivity contribution in [2.75, 3.05) is 16.4 Å². The number of urea groups is 1. The number of anilines is 2. The Morgan fingerprint density at radius 3 is 2.55 bits per heavy atom. The van der Waals surface area contributed by atoms with Crippen molar-refractivity contribution < 1.29 is 4.79 Å². The number of nitrogens with zero attached hydrogens (tertiary/aromatic N) is 3. The lowest BCUT2D eigenvalue weighted by molar-refractivity contribution is 0.262. The van der Waals surface area contributed by atoms with Gasteiger partial charge in [-0.15, -0.1) is 11.8 Å². The molecule has 0 atom stereocenters. The molecule has 0 aliphatic carbocycles. The number of rotatable bonds is 4. The number of carbonyl (C=O) groups excluding carboxylic acids is 1. The van der Waals surface area contributed by atoms with Crippen molar-refractivity contribution in [1.29, 1.82) is 0 Å². The van der Waals surface area contributed by atoms with Gasteiger partial charge in [-0.2, -0.15) is 5.10 Å². The van der Waals surface area contributed by atoms with Crippen LogP contribution in [0.15, 0.2) is 78.1 Å². The number of nitrogens with one attached hydrogen (secondary N) is 2. The van der Waals surface area contributed by atoms with E-state index in [9.17, 15) is 4.79 Å². The Bertz CT molecular complexity index is 1240. The quantitative estimate of drug-likeness (QED) is 0.401. The molecule has 2 N–H and O–H groups in total. The van der Waals surface area contributed by atoms with Crippen molar-refractivity contribution in [2.45, 2.75) is 11.6 Å². The zero-order chi connectivity index (χ0) is 21.2. The lowest BCUT2D eigenvalue weighted by Crippen LogP contribution is -2.19. The zero-order valence-corrected chi connectivity index (χ0v) is 18.0. The third kappa shape index (κ3) is 4.15. The molecule has 0 bridgehead atoms. The topological polar surface area (TPSA) is 71.8 Å². The van der Waals surface area contributed by atoms with Crippen LogP contribution in [0.1, 0.15) is 0 Å². The average molecular weight is 448 g/mol. The number of thioether (sulfide) groups is 1. The minimum atomic E-state index is -0.322. The van der Waals surface area contributed by atoms with E-state index in [-0.39, 0.29) is 6.03 Å². The predicted octanol–water partition coefficient (Wildman–Crippen LogP) is 6.02. The fraction of sp³-hybridized carbons (Fsp3) is 0.0870. The molecule has 5 rings (SSSR count). The number of halogens is 1. The molecule has 31 heavy (non-hydrogen) atoms. The molecule has 0 unspecified atom stereocenters. The number of aromatic nitrogens is 3. The van der Waals surface area contributed by atoms with E-state index in [1.54, 1.807) is 36.7 Å². The van der Waals surface area contributed by atoms with Gasteiger partial charge in [0.25, 0.3) is 0 Å². The van der Waals surface area contributed by atoms with Crippen molar-refractivity contribution in [2.24, 2.45) is 0 Å². The second kappa shape index (κ2) is 8.45. The maximum atomic E-state index is 12.4. The highest BCUT2D eigenvalue weighted by molar-refractivity contribution is 7.99. The number of hydrogen-bond donors (Lipinski definition) is 2. The van der Waals surface area contributed by atoms with Gasteiger partial charge in [-0.25, -0.2) is 4.79 Å². The molecule has 0 fully saturated rings. The predicted molar refractivity (Wildman–Crippen MR) is 126 cm³/mol. The highest BCUT2D eigenvalue weighted by atomic mass is 35.5. The molecule has 6 nitrogen and oxygen atoms in total. The van der Waals surface area contributed by atoms with Gasteiger partial charge in [0.05, 0.1) is 6.54 Å². The first-order valence-electron chi connectivity index (χ1n) is 9.75. The van der Waals surface area contributed by atoms with Crippen molar-refractivity contribution in [3.8, 4) is 22.4 Å². The molecule has 1 aliphatic heterocycles. The van der Waals surface area contributed by atoms with Crippen molar-refractivity contribution in [3.05, 3.63) is 78.1 Å². The van der Waals surface area contributed by atoms with Crippen LogP contribution in [0.5, 0.6) is 0 Å². The maximum Gasteiger partial charge on any atom is 0.323 e. The Morgan fingerprint density at radius 1 is 0.968 bits per heavy atom. The molecule has 0 saturated carbocycles. The van der Waals surface area contributed by atoms with Gasteiger partial charge in [-0.1, -0.05) is 23.7 Å². The van der Waals surface area contributed by atoms with Crippen LogP contribution < -0.4 is 10.6 Å². The van der Waals surface area contributed by atoms with Crippen LogP contribution in [-0.2, 0) is 6.54 Å². The van der Waals surface area contributed by atoms with Gasteiger partial charge in [0, 0.05) is 45.7 Å². The first-order valence-corrected chi connectivity index (χ1v) is 11.1. The Morgan fingerprint density at radius 2 is 1.74 bits per heavy atom. The molecule has 2 aromatic heterocycles. The maximum absolute atomic E-state index is 12.4. The van der Waals surface area contributed by atoms with Crippen LogP contribution in [0.4, 0.5) is 16.2 Å². The third-order valence-corrected chi connectivity index (χ3v) is 6.24. The molecule has 4 aromatic rings. The smallest absolute Gasteiger partial charge is 0.308 e. The van der Waals surface area contributed by atoms with Crippen LogP contribution in [0.3, 0.4) is 0 Å². The fourth-order valence-electron chi connectivity index (χ4n) is 3.53. The summed E-state index contributed by atoms with van der Waals surface area (Å²) in [6.45, 7) is 0.888. The van der Waals surface area contributed by atoms with E-state index in [0.717, 1.165) is 34.7 Å². The summed E-state index contributed by atoms with van der Waals surface area (Å²) < 4.78 is 2.06. The highest BCUT2D eigenvalue weighted by Crippen LogP contribution is 2.42. The summed E-state index contributed by atoms with van der Waals surface area (Å²) in [7, 11) is 0. The number of amides is 2. The summed E-state index contributed by atoms with van der Waals surface area (Å²) in [5.41, 5.74) is 5.38. The van der Waals surface area contributed by atoms with Gasteiger partial charge in [-0.05, 0) is 54.1 Å². The molecule has 154 valence electrons. The molecule has 0 saturated heterocycles. The normalized spacial score (nSPS) is 12.4. The van der Waals surface area contributed by atoms with E-state index >= 15 is 0 Å². The van der Waals surface area contributed by atoms with Crippen LogP contribution in [0.25, 0.3) is 22.4 Å². The highest BCUT2D eigenvalue weighted by Gasteiger charge is 2.24. The first-order chi connectivity index (χ1) is 15.2. The molecule has 8 heteroatoms.